The molecular weight excluding hydrogens is 679 g/mol. The summed E-state index contributed by atoms with van der Waals surface area (Å²) < 4.78 is 16.8. The second kappa shape index (κ2) is 12.9. The van der Waals surface area contributed by atoms with Gasteiger partial charge in [-0.1, -0.05) is 80.9 Å². The summed E-state index contributed by atoms with van der Waals surface area (Å²) in [7, 11) is 0. The Kier molecular flexibility index (Phi) is 9.38. The number of carboxylic acid groups (broad SMARTS) is 1. The number of allylic oxidation sites excluding steroid dienone is 1. The molecule has 3 saturated carbocycles. The highest BCUT2D eigenvalue weighted by Gasteiger charge is 2.72. The van der Waals surface area contributed by atoms with Gasteiger partial charge in [0.05, 0.1) is 43.4 Å². The van der Waals surface area contributed by atoms with Crippen molar-refractivity contribution in [2.45, 2.75) is 132 Å². The van der Waals surface area contributed by atoms with Crippen molar-refractivity contribution >= 4 is 5.97 Å². The summed E-state index contributed by atoms with van der Waals surface area (Å²) in [6.45, 7) is 26.2. The minimum absolute atomic E-state index is 0.189. The first-order chi connectivity index (χ1) is 25.1. The molecule has 0 amide bonds. The topological polar surface area (TPSA) is 139 Å². The molecule has 4 aliphatic carbocycles. The molecule has 3 N–H and O–H groups in total. The van der Waals surface area contributed by atoms with Gasteiger partial charge in [0.25, 0.3) is 0 Å². The summed E-state index contributed by atoms with van der Waals surface area (Å²) in [5, 5.41) is 28.6. The molecular formula is C44H67N5O5. The molecule has 298 valence electrons. The number of nitrogens with zero attached hydrogens (tertiary/aromatic N) is 4. The van der Waals surface area contributed by atoms with Crippen molar-refractivity contribution < 1.29 is 24.1 Å². The van der Waals surface area contributed by atoms with Crippen LogP contribution in [0, 0.1) is 67.3 Å². The number of rotatable bonds is 8. The van der Waals surface area contributed by atoms with Crippen molar-refractivity contribution in [1.29, 1.82) is 0 Å². The van der Waals surface area contributed by atoms with E-state index in [1.807, 2.05) is 10.7 Å². The van der Waals surface area contributed by atoms with E-state index in [0.29, 0.717) is 43.0 Å². The number of nitrogens with two attached hydrogens (primary N) is 1. The van der Waals surface area contributed by atoms with Gasteiger partial charge >= 0.3 is 5.97 Å². The van der Waals surface area contributed by atoms with Crippen LogP contribution in [-0.2, 0) is 14.3 Å². The van der Waals surface area contributed by atoms with Gasteiger partial charge in [-0.15, -0.1) is 0 Å². The number of hydrogen-bond acceptors (Lipinski definition) is 7. The summed E-state index contributed by atoms with van der Waals surface area (Å²) in [5.41, 5.74) is 6.84. The average molecular weight is 746 g/mol. The van der Waals surface area contributed by atoms with Crippen LogP contribution in [0.4, 0.5) is 0 Å². The molecule has 54 heavy (non-hydrogen) atoms. The van der Waals surface area contributed by atoms with Crippen LogP contribution in [0.2, 0.25) is 0 Å². The Labute approximate surface area is 323 Å². The van der Waals surface area contributed by atoms with Gasteiger partial charge in [0.15, 0.2) is 18.2 Å². The summed E-state index contributed by atoms with van der Waals surface area (Å²) >= 11 is 0. The molecule has 3 heterocycles. The van der Waals surface area contributed by atoms with Crippen molar-refractivity contribution in [2.75, 3.05) is 19.8 Å². The van der Waals surface area contributed by atoms with Gasteiger partial charge in [-0.05, 0) is 96.8 Å². The number of hydrogen-bond donors (Lipinski definition) is 2. The van der Waals surface area contributed by atoms with E-state index in [1.54, 1.807) is 18.6 Å². The van der Waals surface area contributed by atoms with Crippen LogP contribution >= 0.6 is 0 Å². The van der Waals surface area contributed by atoms with Crippen LogP contribution in [0.5, 0.6) is 0 Å². The fraction of sp³-hybridized carbons (Fsp3) is 0.773. The van der Waals surface area contributed by atoms with E-state index in [0.717, 1.165) is 43.3 Å². The van der Waals surface area contributed by atoms with E-state index in [9.17, 15) is 15.1 Å². The van der Waals surface area contributed by atoms with Gasteiger partial charge < -0.3 is 25.5 Å². The first-order valence-corrected chi connectivity index (χ1v) is 20.6. The molecule has 10 heteroatoms. The van der Waals surface area contributed by atoms with Gasteiger partial charge in [0, 0.05) is 22.4 Å². The maximum atomic E-state index is 13.6. The fourth-order valence-corrected chi connectivity index (χ4v) is 12.9. The minimum Gasteiger partial charge on any atom is -0.619 e. The Hall–Kier alpha value is -2.82. The number of ether oxygens (including phenoxy) is 2. The molecule has 10 nitrogen and oxygen atoms in total. The predicted octanol–water partition coefficient (Wildman–Crippen LogP) is 7.86. The lowest BCUT2D eigenvalue weighted by Crippen LogP contribution is -2.69. The van der Waals surface area contributed by atoms with E-state index in [2.05, 4.69) is 82.2 Å². The number of carboxylic acids is 1. The fourth-order valence-electron chi connectivity index (χ4n) is 12.9. The predicted molar refractivity (Wildman–Crippen MR) is 209 cm³/mol. The summed E-state index contributed by atoms with van der Waals surface area (Å²) in [6, 6.07) is 3.45. The van der Waals surface area contributed by atoms with Crippen molar-refractivity contribution in [3.05, 3.63) is 47.7 Å². The Balaban J connectivity index is 1.36. The lowest BCUT2D eigenvalue weighted by atomic mass is 9.34. The molecule has 0 aromatic carbocycles. The monoisotopic (exact) mass is 746 g/mol. The van der Waals surface area contributed by atoms with E-state index in [-0.39, 0.29) is 51.1 Å². The van der Waals surface area contributed by atoms with Gasteiger partial charge in [-0.3, -0.25) is 4.79 Å². The van der Waals surface area contributed by atoms with E-state index in [4.69, 9.17) is 25.3 Å². The Bertz CT molecular complexity index is 1800. The molecule has 1 unspecified atom stereocenters. The quantitative estimate of drug-likeness (QED) is 0.158. The molecule has 1 saturated heterocycles. The molecule has 2 aromatic rings. The highest BCUT2D eigenvalue weighted by molar-refractivity contribution is 5.73. The smallest absolute Gasteiger partial charge is 0.307 e. The number of fused-ring (bicyclic) bond motifs is 3. The summed E-state index contributed by atoms with van der Waals surface area (Å²) in [4.78, 5) is 18.3. The van der Waals surface area contributed by atoms with E-state index in [1.165, 1.54) is 11.8 Å². The zero-order valence-corrected chi connectivity index (χ0v) is 34.8. The molecule has 5 aliphatic rings. The highest BCUT2D eigenvalue weighted by Crippen LogP contribution is 2.75. The van der Waals surface area contributed by atoms with Gasteiger partial charge in [0.2, 0.25) is 0 Å². The van der Waals surface area contributed by atoms with Crippen molar-refractivity contribution in [3.63, 3.8) is 0 Å². The Morgan fingerprint density at radius 2 is 1.85 bits per heavy atom. The molecule has 0 radical (unpaired) electrons. The number of pyridine rings is 1. The maximum absolute atomic E-state index is 13.6. The lowest BCUT2D eigenvalue weighted by molar-refractivity contribution is -0.604. The normalized spacial score (nSPS) is 40.8. The third-order valence-electron chi connectivity index (χ3n) is 17.3. The van der Waals surface area contributed by atoms with Gasteiger partial charge in [-0.25, -0.2) is 9.67 Å². The third-order valence-corrected chi connectivity index (χ3v) is 17.3. The van der Waals surface area contributed by atoms with Crippen LogP contribution in [0.3, 0.4) is 0 Å². The SMILES string of the molecule is CC(C)[C@@H](C)[C@@]1(C)CC[C@]2(C)[C@H]3CC[C@H]4C5(C)COC[C@@]4(C[C@@H](n4ncnc4-c4ccc[n+]([O-])c4)[C@@H]5OC[C@](C)(N)C(C)(C)C)C3=CC[C@@]2(C)[C@@H]1C(=O)O. The molecule has 1 aliphatic heterocycles. The minimum atomic E-state index is -0.644. The largest absolute Gasteiger partial charge is 0.619 e. The van der Waals surface area contributed by atoms with Crippen LogP contribution < -0.4 is 10.5 Å². The molecule has 12 atom stereocenters. The lowest BCUT2D eigenvalue weighted by Gasteiger charge is -2.71. The van der Waals surface area contributed by atoms with Crippen LogP contribution in [0.15, 0.2) is 42.5 Å². The zero-order chi connectivity index (χ0) is 39.4. The standard InChI is InChI=1S/C44H67N5O5/c1-27(2)28(3)39(7)18-19-41(9)30-14-15-33-40(8)23-53-25-44(33,31(30)16-17-42(41,10)34(39)37(50)51)21-32(35(40)54-24-43(11,45)38(4,5)6)49-36(46-26-47-49)29-13-12-20-48(52)22-29/h12-13,16,20,22,26-28,30,32-35H,14-15,17-19,21,23-25,45H2,1-11H3,(H,50,51)/t28-,30+,32-,33+,34-,35+,39-,40?,41-,42+,43+,44+/m1/s1. The van der Waals surface area contributed by atoms with Gasteiger partial charge in [0.1, 0.15) is 6.33 Å². The number of aliphatic carboxylic acids is 1. The van der Waals surface area contributed by atoms with Crippen LogP contribution in [0.25, 0.3) is 11.4 Å². The summed E-state index contributed by atoms with van der Waals surface area (Å²) in [6.07, 6.45) is 12.3. The number of aromatic nitrogens is 4. The van der Waals surface area contributed by atoms with Crippen LogP contribution in [0.1, 0.15) is 121 Å². The first-order valence-electron chi connectivity index (χ1n) is 20.6. The highest BCUT2D eigenvalue weighted by atomic mass is 16.5. The maximum Gasteiger partial charge on any atom is 0.307 e. The first kappa shape index (κ1) is 39.4. The molecule has 2 bridgehead atoms. The second-order valence-electron chi connectivity index (χ2n) is 21.0. The number of carbonyl (C=O) groups is 1. The van der Waals surface area contributed by atoms with Crippen molar-refractivity contribution in [1.82, 2.24) is 14.8 Å². The van der Waals surface area contributed by atoms with E-state index < -0.39 is 22.8 Å². The second-order valence-corrected chi connectivity index (χ2v) is 21.0. The Morgan fingerprint density at radius 1 is 1.13 bits per heavy atom. The Morgan fingerprint density at radius 3 is 2.50 bits per heavy atom. The average Bonchev–Trinajstić information content (AvgIpc) is 3.57. The summed E-state index contributed by atoms with van der Waals surface area (Å²) in [5.74, 6) is 0.782. The van der Waals surface area contributed by atoms with Crippen molar-refractivity contribution in [3.8, 4) is 11.4 Å². The molecule has 4 fully saturated rings. The van der Waals surface area contributed by atoms with Crippen LogP contribution in [-0.4, -0.2) is 57.3 Å². The molecule has 0 spiro atoms. The van der Waals surface area contributed by atoms with Gasteiger partial charge in [-0.2, -0.15) is 9.83 Å². The molecule has 7 rings (SSSR count). The van der Waals surface area contributed by atoms with Crippen molar-refractivity contribution in [2.24, 2.45) is 67.8 Å². The third kappa shape index (κ3) is 5.49. The van der Waals surface area contributed by atoms with E-state index >= 15 is 0 Å². The molecule has 2 aromatic heterocycles. The zero-order valence-electron chi connectivity index (χ0n) is 34.8.